The van der Waals surface area contributed by atoms with Gasteiger partial charge in [0.25, 0.3) is 0 Å². The SMILES string of the molecule is CCCCOC(=O)Nc1ccc2nc(C3CCCCC3)[nH]c2c1. The van der Waals surface area contributed by atoms with Crippen molar-refractivity contribution in [1.29, 1.82) is 0 Å². The van der Waals surface area contributed by atoms with E-state index in [1.807, 2.05) is 18.2 Å². The molecule has 0 radical (unpaired) electrons. The van der Waals surface area contributed by atoms with E-state index < -0.39 is 6.09 Å². The number of fused-ring (bicyclic) bond motifs is 1. The summed E-state index contributed by atoms with van der Waals surface area (Å²) < 4.78 is 5.12. The van der Waals surface area contributed by atoms with Crippen molar-refractivity contribution in [3.05, 3.63) is 24.0 Å². The fraction of sp³-hybridized carbons (Fsp3) is 0.556. The molecule has 0 aliphatic heterocycles. The number of hydrogen-bond donors (Lipinski definition) is 2. The zero-order valence-electron chi connectivity index (χ0n) is 13.7. The molecular weight excluding hydrogens is 290 g/mol. The normalized spacial score (nSPS) is 15.7. The Kier molecular flexibility index (Phi) is 5.16. The highest BCUT2D eigenvalue weighted by Gasteiger charge is 2.18. The second kappa shape index (κ2) is 7.49. The van der Waals surface area contributed by atoms with Gasteiger partial charge in [0.05, 0.1) is 17.6 Å². The van der Waals surface area contributed by atoms with E-state index in [2.05, 4.69) is 17.2 Å². The summed E-state index contributed by atoms with van der Waals surface area (Å²) in [5.74, 6) is 1.63. The second-order valence-electron chi connectivity index (χ2n) is 6.30. The first-order chi connectivity index (χ1) is 11.3. The number of aromatic amines is 1. The van der Waals surface area contributed by atoms with Gasteiger partial charge < -0.3 is 9.72 Å². The van der Waals surface area contributed by atoms with Crippen molar-refractivity contribution >= 4 is 22.8 Å². The van der Waals surface area contributed by atoms with Crippen molar-refractivity contribution in [2.75, 3.05) is 11.9 Å². The molecule has 1 aliphatic carbocycles. The predicted molar refractivity (Wildman–Crippen MR) is 91.8 cm³/mol. The topological polar surface area (TPSA) is 67.0 Å². The van der Waals surface area contributed by atoms with Crippen LogP contribution in [0.3, 0.4) is 0 Å². The maximum Gasteiger partial charge on any atom is 0.411 e. The number of amides is 1. The van der Waals surface area contributed by atoms with E-state index in [0.717, 1.165) is 35.4 Å². The molecule has 1 aromatic heterocycles. The Morgan fingerprint density at radius 3 is 2.96 bits per heavy atom. The highest BCUT2D eigenvalue weighted by molar-refractivity contribution is 5.88. The lowest BCUT2D eigenvalue weighted by atomic mass is 9.89. The lowest BCUT2D eigenvalue weighted by Crippen LogP contribution is -2.14. The highest BCUT2D eigenvalue weighted by Crippen LogP contribution is 2.32. The van der Waals surface area contributed by atoms with Crippen LogP contribution in [0.4, 0.5) is 10.5 Å². The fourth-order valence-electron chi connectivity index (χ4n) is 3.14. The van der Waals surface area contributed by atoms with Gasteiger partial charge in [-0.3, -0.25) is 5.32 Å². The quantitative estimate of drug-likeness (QED) is 0.766. The molecule has 5 heteroatoms. The number of imidazole rings is 1. The number of benzene rings is 1. The molecule has 1 fully saturated rings. The molecule has 1 saturated carbocycles. The summed E-state index contributed by atoms with van der Waals surface area (Å²) in [4.78, 5) is 19.9. The first-order valence-electron chi connectivity index (χ1n) is 8.69. The van der Waals surface area contributed by atoms with Crippen LogP contribution < -0.4 is 5.32 Å². The van der Waals surface area contributed by atoms with E-state index in [-0.39, 0.29) is 0 Å². The van der Waals surface area contributed by atoms with Crippen LogP contribution in [-0.2, 0) is 4.74 Å². The third-order valence-corrected chi connectivity index (χ3v) is 4.47. The van der Waals surface area contributed by atoms with Gasteiger partial charge in [-0.2, -0.15) is 0 Å². The standard InChI is InChI=1S/C18H25N3O2/c1-2-3-11-23-18(22)19-14-9-10-15-16(12-14)21-17(20-15)13-7-5-4-6-8-13/h9-10,12-13H,2-8,11H2,1H3,(H,19,22)(H,20,21). The van der Waals surface area contributed by atoms with Gasteiger partial charge in [-0.15, -0.1) is 0 Å². The summed E-state index contributed by atoms with van der Waals surface area (Å²) >= 11 is 0. The van der Waals surface area contributed by atoms with Crippen molar-refractivity contribution in [1.82, 2.24) is 9.97 Å². The van der Waals surface area contributed by atoms with Gasteiger partial charge in [0.1, 0.15) is 5.82 Å². The number of nitrogens with zero attached hydrogens (tertiary/aromatic N) is 1. The molecule has 2 N–H and O–H groups in total. The van der Waals surface area contributed by atoms with Crippen LogP contribution in [-0.4, -0.2) is 22.7 Å². The maximum atomic E-state index is 11.7. The van der Waals surface area contributed by atoms with Crippen LogP contribution in [0.5, 0.6) is 0 Å². The largest absolute Gasteiger partial charge is 0.449 e. The average Bonchev–Trinajstić information content (AvgIpc) is 2.99. The molecule has 1 aliphatic rings. The number of carbonyl (C=O) groups is 1. The zero-order chi connectivity index (χ0) is 16.1. The molecule has 1 amide bonds. The Morgan fingerprint density at radius 2 is 2.17 bits per heavy atom. The number of aromatic nitrogens is 2. The third-order valence-electron chi connectivity index (χ3n) is 4.47. The van der Waals surface area contributed by atoms with Crippen molar-refractivity contribution in [3.8, 4) is 0 Å². The summed E-state index contributed by atoms with van der Waals surface area (Å²) in [5.41, 5.74) is 2.66. The molecule has 1 heterocycles. The summed E-state index contributed by atoms with van der Waals surface area (Å²) in [5, 5.41) is 2.77. The maximum absolute atomic E-state index is 11.7. The number of unbranched alkanes of at least 4 members (excludes halogenated alkanes) is 1. The highest BCUT2D eigenvalue weighted by atomic mass is 16.5. The number of carbonyl (C=O) groups excluding carboxylic acids is 1. The minimum atomic E-state index is -0.398. The molecule has 0 bridgehead atoms. The monoisotopic (exact) mass is 315 g/mol. The van der Waals surface area contributed by atoms with Gasteiger partial charge in [0.15, 0.2) is 0 Å². The van der Waals surface area contributed by atoms with Crippen molar-refractivity contribution in [2.24, 2.45) is 0 Å². The molecule has 1 aromatic carbocycles. The Hall–Kier alpha value is -2.04. The molecule has 0 unspecified atom stereocenters. The van der Waals surface area contributed by atoms with E-state index in [0.29, 0.717) is 12.5 Å². The average molecular weight is 315 g/mol. The molecule has 0 saturated heterocycles. The van der Waals surface area contributed by atoms with Crippen LogP contribution in [0.15, 0.2) is 18.2 Å². The van der Waals surface area contributed by atoms with Gasteiger partial charge >= 0.3 is 6.09 Å². The Labute approximate surface area is 136 Å². The van der Waals surface area contributed by atoms with E-state index >= 15 is 0 Å². The summed E-state index contributed by atoms with van der Waals surface area (Å²) in [6.07, 6.45) is 7.85. The van der Waals surface area contributed by atoms with Crippen molar-refractivity contribution in [3.63, 3.8) is 0 Å². The van der Waals surface area contributed by atoms with E-state index in [1.165, 1.54) is 32.1 Å². The lowest BCUT2D eigenvalue weighted by Gasteiger charge is -2.18. The molecule has 3 rings (SSSR count). The minimum Gasteiger partial charge on any atom is -0.449 e. The number of rotatable bonds is 5. The van der Waals surface area contributed by atoms with Gasteiger partial charge in [-0.25, -0.2) is 9.78 Å². The van der Waals surface area contributed by atoms with E-state index in [9.17, 15) is 4.79 Å². The van der Waals surface area contributed by atoms with Gasteiger partial charge in [0, 0.05) is 11.6 Å². The van der Waals surface area contributed by atoms with Crippen LogP contribution in [0.1, 0.15) is 63.6 Å². The first kappa shape index (κ1) is 15.8. The number of H-pyrrole nitrogens is 1. The lowest BCUT2D eigenvalue weighted by molar-refractivity contribution is 0.160. The molecule has 23 heavy (non-hydrogen) atoms. The van der Waals surface area contributed by atoms with E-state index in [4.69, 9.17) is 9.72 Å². The second-order valence-corrected chi connectivity index (χ2v) is 6.30. The first-order valence-corrected chi connectivity index (χ1v) is 8.69. The van der Waals surface area contributed by atoms with Crippen LogP contribution in [0.2, 0.25) is 0 Å². The Balaban J connectivity index is 1.67. The smallest absolute Gasteiger partial charge is 0.411 e. The number of nitrogens with one attached hydrogen (secondary N) is 2. The van der Waals surface area contributed by atoms with Gasteiger partial charge in [-0.05, 0) is 37.5 Å². The molecule has 0 spiro atoms. The minimum absolute atomic E-state index is 0.398. The Bertz CT molecular complexity index is 659. The Morgan fingerprint density at radius 1 is 1.35 bits per heavy atom. The third kappa shape index (κ3) is 4.03. The van der Waals surface area contributed by atoms with Crippen LogP contribution in [0.25, 0.3) is 11.0 Å². The number of ether oxygens (including phenoxy) is 1. The number of hydrogen-bond acceptors (Lipinski definition) is 3. The fourth-order valence-corrected chi connectivity index (χ4v) is 3.14. The molecule has 124 valence electrons. The summed E-state index contributed by atoms with van der Waals surface area (Å²) in [7, 11) is 0. The molecule has 2 aromatic rings. The molecule has 5 nitrogen and oxygen atoms in total. The van der Waals surface area contributed by atoms with Crippen LogP contribution >= 0.6 is 0 Å². The van der Waals surface area contributed by atoms with Crippen molar-refractivity contribution < 1.29 is 9.53 Å². The van der Waals surface area contributed by atoms with Gasteiger partial charge in [-0.1, -0.05) is 32.6 Å². The molecule has 0 atom stereocenters. The number of anilines is 1. The summed E-state index contributed by atoms with van der Waals surface area (Å²) in [6, 6.07) is 5.74. The van der Waals surface area contributed by atoms with Gasteiger partial charge in [0.2, 0.25) is 0 Å². The zero-order valence-corrected chi connectivity index (χ0v) is 13.7. The van der Waals surface area contributed by atoms with Crippen molar-refractivity contribution in [2.45, 2.75) is 57.8 Å². The van der Waals surface area contributed by atoms with E-state index in [1.54, 1.807) is 0 Å². The van der Waals surface area contributed by atoms with Crippen LogP contribution in [0, 0.1) is 0 Å². The molecular formula is C18H25N3O2. The predicted octanol–water partition coefficient (Wildman–Crippen LogP) is 4.96. The summed E-state index contributed by atoms with van der Waals surface area (Å²) in [6.45, 7) is 2.53.